The Kier molecular flexibility index (Phi) is 12.3. The highest BCUT2D eigenvalue weighted by atomic mass is 16.8. The minimum atomic E-state index is -0.996. The van der Waals surface area contributed by atoms with Gasteiger partial charge in [-0.15, -0.1) is 0 Å². The molecule has 2 aliphatic rings. The summed E-state index contributed by atoms with van der Waals surface area (Å²) < 4.78 is 32.1. The number of azide groups is 1. The average Bonchev–Trinajstić information content (AvgIpc) is 3.64. The van der Waals surface area contributed by atoms with E-state index in [2.05, 4.69) is 35.6 Å². The summed E-state index contributed by atoms with van der Waals surface area (Å²) in [5, 5.41) is 19.4. The fourth-order valence-electron chi connectivity index (χ4n) is 5.67. The van der Waals surface area contributed by atoms with E-state index in [1.54, 1.807) is 52.4 Å². The van der Waals surface area contributed by atoms with Crippen molar-refractivity contribution in [1.82, 2.24) is 29.7 Å². The van der Waals surface area contributed by atoms with Gasteiger partial charge in [0.15, 0.2) is 29.0 Å². The average molecular weight is 691 g/mol. The number of carbonyl (C=O) groups is 2. The molecule has 2 fully saturated rings. The molecule has 0 spiro atoms. The Hall–Kier alpha value is -3.80. The number of nitrogens with one attached hydrogen (secondary N) is 2. The van der Waals surface area contributed by atoms with Gasteiger partial charge in [-0.3, -0.25) is 9.47 Å². The molecule has 0 unspecified atom stereocenters. The number of hydrogen-bond donors (Lipinski definition) is 3. The number of nitrogens with zero attached hydrogens (tertiary/aromatic N) is 8. The molecular formula is C31H50N10O8. The first-order valence-electron chi connectivity index (χ1n) is 16.5. The Morgan fingerprint density at radius 2 is 1.84 bits per heavy atom. The molecule has 2 aliphatic heterocycles. The molecule has 18 heteroatoms. The third-order valence-corrected chi connectivity index (χ3v) is 7.52. The highest BCUT2D eigenvalue weighted by Crippen LogP contribution is 2.44. The number of hydrogen-bond acceptors (Lipinski definition) is 14. The van der Waals surface area contributed by atoms with Crippen LogP contribution in [0.5, 0.6) is 0 Å². The van der Waals surface area contributed by atoms with Crippen molar-refractivity contribution in [1.29, 1.82) is 0 Å². The molecule has 1 amide bonds. The van der Waals surface area contributed by atoms with Gasteiger partial charge in [0.05, 0.1) is 12.9 Å². The van der Waals surface area contributed by atoms with E-state index in [4.69, 9.17) is 29.2 Å². The third kappa shape index (κ3) is 10.6. The van der Waals surface area contributed by atoms with Gasteiger partial charge in [0, 0.05) is 37.6 Å². The molecule has 49 heavy (non-hydrogen) atoms. The molecule has 4 rings (SSSR count). The van der Waals surface area contributed by atoms with Gasteiger partial charge in [0.25, 0.3) is 0 Å². The molecule has 0 radical (unpaired) electrons. The minimum Gasteiger partial charge on any atom is -0.458 e. The Morgan fingerprint density at radius 1 is 1.12 bits per heavy atom. The summed E-state index contributed by atoms with van der Waals surface area (Å²) in [6.45, 7) is 15.8. The summed E-state index contributed by atoms with van der Waals surface area (Å²) in [6, 6.07) is -0.996. The second kappa shape index (κ2) is 15.8. The first-order valence-corrected chi connectivity index (χ1v) is 16.5. The van der Waals surface area contributed by atoms with Crippen molar-refractivity contribution >= 4 is 29.0 Å². The van der Waals surface area contributed by atoms with Crippen LogP contribution in [-0.4, -0.2) is 122 Å². The topological polar surface area (TPSA) is 220 Å². The molecule has 0 bridgehead atoms. The van der Waals surface area contributed by atoms with Crippen molar-refractivity contribution in [3.8, 4) is 0 Å². The Labute approximate surface area is 285 Å². The summed E-state index contributed by atoms with van der Waals surface area (Å²) in [5.41, 5.74) is 8.06. The smallest absolute Gasteiger partial charge is 0.408 e. The molecule has 4 heterocycles. The first kappa shape index (κ1) is 38.0. The number of imidazole rings is 1. The Balaban J connectivity index is 1.51. The molecule has 2 aromatic rings. The van der Waals surface area contributed by atoms with E-state index >= 15 is 0 Å². The number of aromatic nitrogens is 4. The van der Waals surface area contributed by atoms with Crippen LogP contribution in [0.15, 0.2) is 17.8 Å². The van der Waals surface area contributed by atoms with Crippen LogP contribution in [0, 0.1) is 0 Å². The molecule has 0 aliphatic carbocycles. The van der Waals surface area contributed by atoms with Crippen molar-refractivity contribution in [2.24, 2.45) is 5.11 Å². The molecule has 0 aromatic carbocycles. The van der Waals surface area contributed by atoms with E-state index in [9.17, 15) is 14.7 Å². The van der Waals surface area contributed by atoms with Crippen LogP contribution in [0.4, 0.5) is 10.6 Å². The van der Waals surface area contributed by atoms with Gasteiger partial charge in [-0.25, -0.2) is 24.5 Å². The zero-order valence-corrected chi connectivity index (χ0v) is 29.6. The van der Waals surface area contributed by atoms with Gasteiger partial charge in [-0.2, -0.15) is 0 Å². The fourth-order valence-corrected chi connectivity index (χ4v) is 5.67. The van der Waals surface area contributed by atoms with Gasteiger partial charge < -0.3 is 39.4 Å². The summed E-state index contributed by atoms with van der Waals surface area (Å²) in [4.78, 5) is 43.9. The largest absolute Gasteiger partial charge is 0.458 e. The summed E-state index contributed by atoms with van der Waals surface area (Å²) in [7, 11) is 0. The maximum Gasteiger partial charge on any atom is 0.408 e. The van der Waals surface area contributed by atoms with Crippen LogP contribution in [0.2, 0.25) is 0 Å². The molecule has 272 valence electrons. The maximum atomic E-state index is 13.1. The molecule has 3 N–H and O–H groups in total. The quantitative estimate of drug-likeness (QED) is 0.0804. The molecular weight excluding hydrogens is 640 g/mol. The standard InChI is InChI=1S/C31H50N10O8/c1-29(2,3)48-27(43)19(38-28(44)49-30(4,5)6)10-13-40(14-15-42)16-20-22-23(47-31(7,8)46-22)26(45-20)41-18-36-21-24(34-17-35-25(21)41)33-11-9-12-37-39-32/h17-20,22-23,26,42H,9-16H2,1-8H3,(H,38,44)(H,33,34,35)/t19-,20+,22+,23+,26+/m0/s1. The number of alkyl carbamates (subject to hydrolysis) is 1. The predicted molar refractivity (Wildman–Crippen MR) is 177 cm³/mol. The predicted octanol–water partition coefficient (Wildman–Crippen LogP) is 3.28. The normalized spacial score (nSPS) is 22.4. The van der Waals surface area contributed by atoms with Crippen molar-refractivity contribution < 1.29 is 38.4 Å². The van der Waals surface area contributed by atoms with Gasteiger partial charge >= 0.3 is 12.1 Å². The number of ether oxygens (including phenoxy) is 5. The molecule has 5 atom stereocenters. The monoisotopic (exact) mass is 690 g/mol. The van der Waals surface area contributed by atoms with E-state index in [-0.39, 0.29) is 19.6 Å². The van der Waals surface area contributed by atoms with E-state index in [1.807, 2.05) is 18.7 Å². The molecule has 0 saturated carbocycles. The second-order valence-corrected chi connectivity index (χ2v) is 14.5. The van der Waals surface area contributed by atoms with Crippen molar-refractivity contribution in [2.75, 3.05) is 44.6 Å². The van der Waals surface area contributed by atoms with Gasteiger partial charge in [0.2, 0.25) is 0 Å². The Bertz CT molecular complexity index is 1480. The maximum absolute atomic E-state index is 13.1. The van der Waals surface area contributed by atoms with E-state index < -0.39 is 59.6 Å². The summed E-state index contributed by atoms with van der Waals surface area (Å²) in [6.07, 6.45) is 1.01. The Morgan fingerprint density at radius 3 is 2.51 bits per heavy atom. The molecule has 18 nitrogen and oxygen atoms in total. The van der Waals surface area contributed by atoms with Crippen molar-refractivity contribution in [3.05, 3.63) is 23.1 Å². The SMILES string of the molecule is CC(C)(C)OC(=O)N[C@@H](CCN(CCO)C[C@H]1O[C@@H](n2cnc3c(NCCCN=[N+]=[N-])ncnc32)[C@@H]2OC(C)(C)O[C@@H]21)C(=O)OC(C)(C)C. The number of carbonyl (C=O) groups excluding carboxylic acids is 2. The number of aliphatic hydroxyl groups excluding tert-OH is 1. The van der Waals surface area contributed by atoms with Crippen LogP contribution in [-0.2, 0) is 28.5 Å². The van der Waals surface area contributed by atoms with Gasteiger partial charge in [-0.1, -0.05) is 5.11 Å². The third-order valence-electron chi connectivity index (χ3n) is 7.52. The number of rotatable bonds is 15. The fraction of sp³-hybridized carbons (Fsp3) is 0.774. The van der Waals surface area contributed by atoms with Crippen molar-refractivity contribution in [3.63, 3.8) is 0 Å². The zero-order valence-electron chi connectivity index (χ0n) is 29.6. The highest BCUT2D eigenvalue weighted by Gasteiger charge is 2.56. The van der Waals surface area contributed by atoms with Crippen molar-refractivity contribution in [2.45, 2.75) is 116 Å². The lowest BCUT2D eigenvalue weighted by Gasteiger charge is -2.30. The lowest BCUT2D eigenvalue weighted by molar-refractivity contribution is -0.198. The van der Waals surface area contributed by atoms with Gasteiger partial charge in [-0.05, 0) is 73.8 Å². The van der Waals surface area contributed by atoms with Crippen LogP contribution < -0.4 is 10.6 Å². The van der Waals surface area contributed by atoms with Crippen LogP contribution >= 0.6 is 0 Å². The number of esters is 1. The molecule has 2 saturated heterocycles. The van der Waals surface area contributed by atoms with E-state index in [1.165, 1.54) is 6.33 Å². The second-order valence-electron chi connectivity index (χ2n) is 14.5. The first-order chi connectivity index (χ1) is 23.0. The molecule has 2 aromatic heterocycles. The minimum absolute atomic E-state index is 0.147. The van der Waals surface area contributed by atoms with E-state index in [0.717, 1.165) is 0 Å². The summed E-state index contributed by atoms with van der Waals surface area (Å²) in [5.74, 6) is -0.943. The van der Waals surface area contributed by atoms with Crippen LogP contribution in [0.1, 0.15) is 74.5 Å². The van der Waals surface area contributed by atoms with Crippen LogP contribution in [0.25, 0.3) is 21.6 Å². The zero-order chi connectivity index (χ0) is 36.0. The van der Waals surface area contributed by atoms with E-state index in [0.29, 0.717) is 49.6 Å². The number of aliphatic hydroxyl groups is 1. The lowest BCUT2D eigenvalue weighted by atomic mass is 10.1. The lowest BCUT2D eigenvalue weighted by Crippen LogP contribution is -2.48. The van der Waals surface area contributed by atoms with Crippen LogP contribution in [0.3, 0.4) is 0 Å². The highest BCUT2D eigenvalue weighted by molar-refractivity contribution is 5.83. The van der Waals surface area contributed by atoms with Gasteiger partial charge in [0.1, 0.15) is 41.9 Å². The number of amides is 1. The number of anilines is 1. The number of fused-ring (bicyclic) bond motifs is 2. The summed E-state index contributed by atoms with van der Waals surface area (Å²) >= 11 is 0.